The molecular formula is C26H21FN2O3. The number of methoxy groups -OCH3 is 1. The van der Waals surface area contributed by atoms with E-state index in [9.17, 15) is 14.0 Å². The lowest BCUT2D eigenvalue weighted by atomic mass is 9.98. The zero-order valence-corrected chi connectivity index (χ0v) is 17.5. The van der Waals surface area contributed by atoms with Crippen LogP contribution in [0.1, 0.15) is 16.7 Å². The largest absolute Gasteiger partial charge is 0.497 e. The molecule has 0 atom stereocenters. The van der Waals surface area contributed by atoms with Gasteiger partial charge in [-0.2, -0.15) is 0 Å². The normalized spacial score (nSPS) is 15.9. The lowest BCUT2D eigenvalue weighted by molar-refractivity contribution is -0.120. The maximum absolute atomic E-state index is 13.6. The molecule has 2 aliphatic rings. The van der Waals surface area contributed by atoms with Gasteiger partial charge in [-0.3, -0.25) is 9.59 Å². The van der Waals surface area contributed by atoms with Gasteiger partial charge in [-0.15, -0.1) is 0 Å². The van der Waals surface area contributed by atoms with Gasteiger partial charge in [0.05, 0.1) is 18.4 Å². The number of fused-ring (bicyclic) bond motifs is 1. The van der Waals surface area contributed by atoms with Crippen LogP contribution < -0.4 is 9.64 Å². The summed E-state index contributed by atoms with van der Waals surface area (Å²) in [5.74, 6) is -0.577. The third-order valence-electron chi connectivity index (χ3n) is 5.97. The number of amides is 2. The summed E-state index contributed by atoms with van der Waals surface area (Å²) in [5.41, 5.74) is 4.10. The number of rotatable bonds is 4. The predicted octanol–water partition coefficient (Wildman–Crippen LogP) is 4.18. The van der Waals surface area contributed by atoms with Crippen molar-refractivity contribution in [3.63, 3.8) is 0 Å². The van der Waals surface area contributed by atoms with Gasteiger partial charge in [-0.25, -0.2) is 9.29 Å². The lowest BCUT2D eigenvalue weighted by Crippen LogP contribution is -2.37. The highest BCUT2D eigenvalue weighted by Gasteiger charge is 2.43. The molecule has 32 heavy (non-hydrogen) atoms. The molecule has 6 heteroatoms. The van der Waals surface area contributed by atoms with Crippen LogP contribution in [0.3, 0.4) is 0 Å². The molecule has 0 spiro atoms. The van der Waals surface area contributed by atoms with Gasteiger partial charge in [0.15, 0.2) is 0 Å². The number of ether oxygens (including phenoxy) is 1. The highest BCUT2D eigenvalue weighted by atomic mass is 19.1. The molecule has 0 N–H and O–H groups in total. The van der Waals surface area contributed by atoms with Crippen molar-refractivity contribution in [2.24, 2.45) is 0 Å². The predicted molar refractivity (Wildman–Crippen MR) is 119 cm³/mol. The number of carbonyl (C=O) groups is 2. The van der Waals surface area contributed by atoms with Gasteiger partial charge in [0, 0.05) is 13.1 Å². The van der Waals surface area contributed by atoms with Crippen molar-refractivity contribution >= 4 is 23.1 Å². The van der Waals surface area contributed by atoms with E-state index in [2.05, 4.69) is 6.07 Å². The van der Waals surface area contributed by atoms with E-state index >= 15 is 0 Å². The Balaban J connectivity index is 1.61. The first-order valence-electron chi connectivity index (χ1n) is 10.4. The van der Waals surface area contributed by atoms with E-state index in [0.717, 1.165) is 16.9 Å². The summed E-state index contributed by atoms with van der Waals surface area (Å²) in [4.78, 5) is 30.3. The SMILES string of the molecule is COc1ccc(C2=C(N3CCc4ccccc4C3)C(=O)N(c3ccc(F)cc3)C2=O)cc1. The van der Waals surface area contributed by atoms with Gasteiger partial charge in [0.2, 0.25) is 0 Å². The third-order valence-corrected chi connectivity index (χ3v) is 5.97. The van der Waals surface area contributed by atoms with Crippen LogP contribution in [0.25, 0.3) is 5.57 Å². The number of halogens is 1. The Kier molecular flexibility index (Phi) is 4.98. The minimum atomic E-state index is -0.427. The monoisotopic (exact) mass is 428 g/mol. The molecule has 0 fully saturated rings. The van der Waals surface area contributed by atoms with Gasteiger partial charge < -0.3 is 9.64 Å². The zero-order valence-electron chi connectivity index (χ0n) is 17.5. The minimum Gasteiger partial charge on any atom is -0.497 e. The smallest absolute Gasteiger partial charge is 0.282 e. The van der Waals surface area contributed by atoms with E-state index in [-0.39, 0.29) is 0 Å². The lowest BCUT2D eigenvalue weighted by Gasteiger charge is -2.31. The van der Waals surface area contributed by atoms with E-state index in [1.807, 2.05) is 23.1 Å². The fourth-order valence-corrected chi connectivity index (χ4v) is 4.34. The standard InChI is InChI=1S/C26H21FN2O3/c1-32-22-12-6-18(7-13-22)23-24(28-15-14-17-4-2-3-5-19(17)16-28)26(31)29(25(23)30)21-10-8-20(27)9-11-21/h2-13H,14-16H2,1H3. The van der Waals surface area contributed by atoms with E-state index in [0.29, 0.717) is 41.4 Å². The van der Waals surface area contributed by atoms with Crippen molar-refractivity contribution in [2.45, 2.75) is 13.0 Å². The van der Waals surface area contributed by atoms with Crippen LogP contribution in [-0.2, 0) is 22.6 Å². The summed E-state index contributed by atoms with van der Waals surface area (Å²) in [7, 11) is 1.57. The number of nitrogens with zero attached hydrogens (tertiary/aromatic N) is 2. The fraction of sp³-hybridized carbons (Fsp3) is 0.154. The average Bonchev–Trinajstić information content (AvgIpc) is 3.09. The van der Waals surface area contributed by atoms with Crippen LogP contribution in [0, 0.1) is 5.82 Å². The first kappa shape index (κ1) is 20.0. The van der Waals surface area contributed by atoms with Crippen LogP contribution in [0.5, 0.6) is 5.75 Å². The number of carbonyl (C=O) groups excluding carboxylic acids is 2. The van der Waals surface area contributed by atoms with Crippen molar-refractivity contribution in [2.75, 3.05) is 18.6 Å². The number of benzene rings is 3. The molecule has 5 nitrogen and oxygen atoms in total. The van der Waals surface area contributed by atoms with Crippen LogP contribution in [0.15, 0.2) is 78.5 Å². The molecule has 2 heterocycles. The average molecular weight is 428 g/mol. The maximum atomic E-state index is 13.6. The molecule has 0 aromatic heterocycles. The first-order chi connectivity index (χ1) is 15.6. The molecule has 3 aromatic carbocycles. The Bertz CT molecular complexity index is 1230. The van der Waals surface area contributed by atoms with E-state index in [1.165, 1.54) is 29.8 Å². The molecule has 0 radical (unpaired) electrons. The molecular weight excluding hydrogens is 407 g/mol. The van der Waals surface area contributed by atoms with Gasteiger partial charge in [-0.1, -0.05) is 36.4 Å². The molecule has 0 bridgehead atoms. The Morgan fingerprint density at radius 1 is 0.844 bits per heavy atom. The second-order valence-electron chi connectivity index (χ2n) is 7.81. The van der Waals surface area contributed by atoms with Gasteiger partial charge in [-0.05, 0) is 59.5 Å². The van der Waals surface area contributed by atoms with Crippen molar-refractivity contribution in [3.05, 3.63) is 101 Å². The Hall–Kier alpha value is -3.93. The molecule has 3 aromatic rings. The molecule has 2 aliphatic heterocycles. The number of anilines is 1. The summed E-state index contributed by atoms with van der Waals surface area (Å²) in [6, 6.07) is 20.6. The van der Waals surface area contributed by atoms with Crippen LogP contribution in [-0.4, -0.2) is 30.4 Å². The molecule has 0 unspecified atom stereocenters. The second kappa shape index (κ2) is 7.96. The topological polar surface area (TPSA) is 49.9 Å². The molecule has 160 valence electrons. The van der Waals surface area contributed by atoms with E-state index in [4.69, 9.17) is 4.74 Å². The number of hydrogen-bond acceptors (Lipinski definition) is 4. The van der Waals surface area contributed by atoms with Crippen molar-refractivity contribution in [1.82, 2.24) is 4.90 Å². The maximum Gasteiger partial charge on any atom is 0.282 e. The minimum absolute atomic E-state index is 0.347. The van der Waals surface area contributed by atoms with Gasteiger partial charge in [0.1, 0.15) is 17.3 Å². The van der Waals surface area contributed by atoms with E-state index < -0.39 is 17.6 Å². The summed E-state index contributed by atoms with van der Waals surface area (Å²) >= 11 is 0. The Morgan fingerprint density at radius 3 is 2.22 bits per heavy atom. The molecule has 0 aliphatic carbocycles. The highest BCUT2D eigenvalue weighted by Crippen LogP contribution is 2.37. The zero-order chi connectivity index (χ0) is 22.2. The Labute approximate surface area is 185 Å². The second-order valence-corrected chi connectivity index (χ2v) is 7.81. The third kappa shape index (κ3) is 3.34. The highest BCUT2D eigenvalue weighted by molar-refractivity contribution is 6.45. The van der Waals surface area contributed by atoms with Crippen molar-refractivity contribution in [1.29, 1.82) is 0 Å². The summed E-state index contributed by atoms with van der Waals surface area (Å²) in [6.07, 6.45) is 0.785. The molecule has 0 saturated heterocycles. The van der Waals surface area contributed by atoms with Gasteiger partial charge >= 0.3 is 0 Å². The quantitative estimate of drug-likeness (QED) is 0.585. The Morgan fingerprint density at radius 2 is 1.53 bits per heavy atom. The number of imide groups is 1. The summed E-state index contributed by atoms with van der Waals surface area (Å²) < 4.78 is 18.7. The van der Waals surface area contributed by atoms with Crippen LogP contribution in [0.2, 0.25) is 0 Å². The van der Waals surface area contributed by atoms with E-state index in [1.54, 1.807) is 31.4 Å². The molecule has 5 rings (SSSR count). The van der Waals surface area contributed by atoms with Gasteiger partial charge in [0.25, 0.3) is 11.8 Å². The number of hydrogen-bond donors (Lipinski definition) is 0. The molecule has 2 amide bonds. The first-order valence-corrected chi connectivity index (χ1v) is 10.4. The van der Waals surface area contributed by atoms with Crippen molar-refractivity contribution in [3.8, 4) is 5.75 Å². The van der Waals surface area contributed by atoms with Crippen LogP contribution >= 0.6 is 0 Å². The fourth-order valence-electron chi connectivity index (χ4n) is 4.34. The summed E-state index contributed by atoms with van der Waals surface area (Å²) in [6.45, 7) is 1.17. The van der Waals surface area contributed by atoms with Crippen molar-refractivity contribution < 1.29 is 18.7 Å². The summed E-state index contributed by atoms with van der Waals surface area (Å²) in [5, 5.41) is 0. The molecule has 0 saturated carbocycles. The van der Waals surface area contributed by atoms with Crippen LogP contribution in [0.4, 0.5) is 10.1 Å².